The molecule has 1 aromatic heterocycles. The highest BCUT2D eigenvalue weighted by Crippen LogP contribution is 2.08. The van der Waals surface area contributed by atoms with Crippen molar-refractivity contribution in [3.8, 4) is 0 Å². The molecule has 0 spiro atoms. The van der Waals surface area contributed by atoms with E-state index in [0.29, 0.717) is 5.69 Å². The van der Waals surface area contributed by atoms with E-state index in [1.807, 2.05) is 0 Å². The molecule has 0 aromatic carbocycles. The molecule has 0 aliphatic carbocycles. The minimum atomic E-state index is -0.0546. The number of aromatic nitrogens is 1. The summed E-state index contributed by atoms with van der Waals surface area (Å²) in [5.41, 5.74) is 2.22. The first-order valence-corrected chi connectivity index (χ1v) is 7.19. The lowest BCUT2D eigenvalue weighted by atomic mass is 10.2. The Bertz CT molecular complexity index is 332. The Labute approximate surface area is 106 Å². The quantitative estimate of drug-likeness (QED) is 0.889. The number of amides is 1. The molecule has 4 nitrogen and oxygen atoms in total. The molecule has 2 heterocycles. The molecule has 1 saturated heterocycles. The largest absolute Gasteiger partial charge is 0.349 e. The molecule has 1 aliphatic rings. The summed E-state index contributed by atoms with van der Waals surface area (Å²) >= 11 is 1.45. The van der Waals surface area contributed by atoms with Crippen LogP contribution in [0.3, 0.4) is 0 Å². The lowest BCUT2D eigenvalue weighted by Crippen LogP contribution is -2.35. The summed E-state index contributed by atoms with van der Waals surface area (Å²) in [5.74, 6) is -0.0546. The molecule has 0 bridgehead atoms. The first-order chi connectivity index (χ1) is 8.36. The van der Waals surface area contributed by atoms with Crippen LogP contribution in [0.2, 0.25) is 0 Å². The van der Waals surface area contributed by atoms with Crippen LogP contribution in [-0.2, 0) is 0 Å². The fourth-order valence-corrected chi connectivity index (χ4v) is 2.63. The number of hydrogen-bond acceptors (Lipinski definition) is 4. The maximum Gasteiger partial charge on any atom is 0.270 e. The zero-order valence-corrected chi connectivity index (χ0v) is 10.8. The number of nitrogens with zero attached hydrogens (tertiary/aromatic N) is 2. The van der Waals surface area contributed by atoms with Crippen LogP contribution < -0.4 is 5.32 Å². The van der Waals surface area contributed by atoms with Gasteiger partial charge in [-0.15, -0.1) is 11.3 Å². The van der Waals surface area contributed by atoms with Gasteiger partial charge >= 0.3 is 0 Å². The van der Waals surface area contributed by atoms with Gasteiger partial charge in [0.05, 0.1) is 5.51 Å². The predicted molar refractivity (Wildman–Crippen MR) is 69.4 cm³/mol. The second-order valence-electron chi connectivity index (χ2n) is 4.39. The highest BCUT2D eigenvalue weighted by molar-refractivity contribution is 7.07. The number of thiazole rings is 1. The van der Waals surface area contributed by atoms with Crippen LogP contribution in [0.1, 0.15) is 36.2 Å². The summed E-state index contributed by atoms with van der Waals surface area (Å²) in [5, 5.41) is 4.70. The summed E-state index contributed by atoms with van der Waals surface area (Å²) in [6.45, 7) is 4.02. The van der Waals surface area contributed by atoms with Crippen LogP contribution >= 0.6 is 11.3 Å². The topological polar surface area (TPSA) is 45.2 Å². The van der Waals surface area contributed by atoms with Crippen molar-refractivity contribution in [1.29, 1.82) is 0 Å². The molecule has 0 unspecified atom stereocenters. The van der Waals surface area contributed by atoms with Crippen LogP contribution in [0.25, 0.3) is 0 Å². The molecule has 5 heteroatoms. The molecular formula is C12H19N3OS. The van der Waals surface area contributed by atoms with Crippen LogP contribution in [0.5, 0.6) is 0 Å². The van der Waals surface area contributed by atoms with Gasteiger partial charge in [-0.3, -0.25) is 4.79 Å². The zero-order valence-electron chi connectivity index (χ0n) is 10.0. The van der Waals surface area contributed by atoms with Crippen LogP contribution in [0.4, 0.5) is 0 Å². The minimum Gasteiger partial charge on any atom is -0.349 e. The number of carbonyl (C=O) groups is 1. The molecule has 1 N–H and O–H groups in total. The van der Waals surface area contributed by atoms with Crippen molar-refractivity contribution in [3.63, 3.8) is 0 Å². The van der Waals surface area contributed by atoms with Crippen molar-refractivity contribution in [1.82, 2.24) is 15.2 Å². The van der Waals surface area contributed by atoms with E-state index >= 15 is 0 Å². The number of nitrogens with one attached hydrogen (secondary N) is 1. The number of likely N-dealkylation sites (tertiary alicyclic amines) is 1. The van der Waals surface area contributed by atoms with E-state index in [1.165, 1.54) is 50.1 Å². The molecule has 0 saturated carbocycles. The van der Waals surface area contributed by atoms with Gasteiger partial charge in [0, 0.05) is 18.5 Å². The summed E-state index contributed by atoms with van der Waals surface area (Å²) in [6, 6.07) is 0. The second-order valence-corrected chi connectivity index (χ2v) is 5.10. The normalized spacial score (nSPS) is 17.6. The minimum absolute atomic E-state index is 0.0546. The Balaban J connectivity index is 1.66. The first kappa shape index (κ1) is 12.5. The number of carbonyl (C=O) groups excluding carboxylic acids is 1. The van der Waals surface area contributed by atoms with Crippen molar-refractivity contribution in [2.45, 2.75) is 25.7 Å². The van der Waals surface area contributed by atoms with Crippen molar-refractivity contribution >= 4 is 17.2 Å². The Kier molecular flexibility index (Phi) is 4.94. The third-order valence-corrected chi connectivity index (χ3v) is 3.66. The molecule has 2 rings (SSSR count). The van der Waals surface area contributed by atoms with E-state index in [9.17, 15) is 4.79 Å². The van der Waals surface area contributed by atoms with Gasteiger partial charge in [0.1, 0.15) is 5.69 Å². The standard InChI is InChI=1S/C12H19N3OS/c16-12(11-9-17-10-14-11)13-5-8-15-6-3-1-2-4-7-15/h9-10H,1-8H2,(H,13,16). The fraction of sp³-hybridized carbons (Fsp3) is 0.667. The molecule has 1 aromatic rings. The van der Waals surface area contributed by atoms with Gasteiger partial charge in [0.2, 0.25) is 0 Å². The van der Waals surface area contributed by atoms with Gasteiger partial charge < -0.3 is 10.2 Å². The lowest BCUT2D eigenvalue weighted by Gasteiger charge is -2.19. The molecule has 1 aliphatic heterocycles. The van der Waals surface area contributed by atoms with Crippen molar-refractivity contribution in [2.75, 3.05) is 26.2 Å². The Morgan fingerprint density at radius 1 is 1.35 bits per heavy atom. The van der Waals surface area contributed by atoms with Crippen LogP contribution in [0, 0.1) is 0 Å². The SMILES string of the molecule is O=C(NCCN1CCCCCC1)c1cscn1. The smallest absolute Gasteiger partial charge is 0.270 e. The van der Waals surface area contributed by atoms with Gasteiger partial charge in [0.25, 0.3) is 5.91 Å². The van der Waals surface area contributed by atoms with E-state index < -0.39 is 0 Å². The summed E-state index contributed by atoms with van der Waals surface area (Å²) < 4.78 is 0. The van der Waals surface area contributed by atoms with Crippen LogP contribution in [0.15, 0.2) is 10.9 Å². The average molecular weight is 253 g/mol. The van der Waals surface area contributed by atoms with E-state index in [1.54, 1.807) is 10.9 Å². The van der Waals surface area contributed by atoms with E-state index in [2.05, 4.69) is 15.2 Å². The molecule has 0 atom stereocenters. The fourth-order valence-electron chi connectivity index (χ4n) is 2.10. The lowest BCUT2D eigenvalue weighted by molar-refractivity contribution is 0.0944. The summed E-state index contributed by atoms with van der Waals surface area (Å²) in [7, 11) is 0. The Morgan fingerprint density at radius 2 is 2.12 bits per heavy atom. The van der Waals surface area contributed by atoms with Gasteiger partial charge in [-0.25, -0.2) is 4.98 Å². The zero-order chi connectivity index (χ0) is 11.9. The molecule has 1 amide bonds. The Hall–Kier alpha value is -0.940. The number of rotatable bonds is 4. The van der Waals surface area contributed by atoms with E-state index in [0.717, 1.165) is 13.1 Å². The summed E-state index contributed by atoms with van der Waals surface area (Å²) in [6.07, 6.45) is 5.28. The molecule has 17 heavy (non-hydrogen) atoms. The van der Waals surface area contributed by atoms with Gasteiger partial charge in [-0.1, -0.05) is 12.8 Å². The third-order valence-electron chi connectivity index (χ3n) is 3.08. The van der Waals surface area contributed by atoms with E-state index in [4.69, 9.17) is 0 Å². The highest BCUT2D eigenvalue weighted by atomic mass is 32.1. The number of hydrogen-bond donors (Lipinski definition) is 1. The Morgan fingerprint density at radius 3 is 2.76 bits per heavy atom. The van der Waals surface area contributed by atoms with E-state index in [-0.39, 0.29) is 5.91 Å². The van der Waals surface area contributed by atoms with Crippen molar-refractivity contribution in [2.24, 2.45) is 0 Å². The van der Waals surface area contributed by atoms with Crippen molar-refractivity contribution < 1.29 is 4.79 Å². The van der Waals surface area contributed by atoms with Gasteiger partial charge in [-0.05, 0) is 25.9 Å². The maximum absolute atomic E-state index is 11.6. The third kappa shape index (κ3) is 4.09. The molecule has 1 fully saturated rings. The van der Waals surface area contributed by atoms with Gasteiger partial charge in [0.15, 0.2) is 0 Å². The average Bonchev–Trinajstić information content (AvgIpc) is 2.75. The maximum atomic E-state index is 11.6. The first-order valence-electron chi connectivity index (χ1n) is 6.25. The molecule has 0 radical (unpaired) electrons. The molecular weight excluding hydrogens is 234 g/mol. The van der Waals surface area contributed by atoms with Gasteiger partial charge in [-0.2, -0.15) is 0 Å². The predicted octanol–water partition coefficient (Wildman–Crippen LogP) is 1.75. The van der Waals surface area contributed by atoms with Crippen LogP contribution in [-0.4, -0.2) is 42.0 Å². The monoisotopic (exact) mass is 253 g/mol. The highest BCUT2D eigenvalue weighted by Gasteiger charge is 2.10. The van der Waals surface area contributed by atoms with Crippen molar-refractivity contribution in [3.05, 3.63) is 16.6 Å². The second kappa shape index (κ2) is 6.71. The molecule has 94 valence electrons. The summed E-state index contributed by atoms with van der Waals surface area (Å²) in [4.78, 5) is 18.1.